The largest absolute Gasteiger partial charge is 0.484 e. The van der Waals surface area contributed by atoms with Crippen molar-refractivity contribution in [2.45, 2.75) is 28.4 Å². The van der Waals surface area contributed by atoms with E-state index in [1.807, 2.05) is 31.2 Å². The number of anilines is 2. The fourth-order valence-corrected chi connectivity index (χ4v) is 4.48. The molecule has 0 saturated carbocycles. The van der Waals surface area contributed by atoms with E-state index in [9.17, 15) is 18.0 Å². The number of nitrogens with one attached hydrogen (secondary N) is 2. The smallest absolute Gasteiger partial charge is 0.262 e. The summed E-state index contributed by atoms with van der Waals surface area (Å²) in [7, 11) is -3.80. The average molecular weight is 500 g/mol. The number of nitrogens with two attached hydrogens (primary N) is 1. The van der Waals surface area contributed by atoms with E-state index < -0.39 is 15.3 Å². The van der Waals surface area contributed by atoms with E-state index in [0.29, 0.717) is 23.5 Å². The SMILES string of the molecule is CCC(Sc1cccc(NC(=O)COc2ccccc2)c1)C(=O)Nc1ccc(S(N)(=O)=O)cc1. The van der Waals surface area contributed by atoms with Gasteiger partial charge in [0.2, 0.25) is 15.9 Å². The normalized spacial score (nSPS) is 11.9. The maximum atomic E-state index is 12.8. The van der Waals surface area contributed by atoms with Crippen LogP contribution in [0, 0.1) is 0 Å². The van der Waals surface area contributed by atoms with E-state index in [4.69, 9.17) is 9.88 Å². The van der Waals surface area contributed by atoms with Crippen molar-refractivity contribution in [2.75, 3.05) is 17.2 Å². The molecule has 1 unspecified atom stereocenters. The third-order valence-corrected chi connectivity index (χ3v) is 6.91. The highest BCUT2D eigenvalue weighted by atomic mass is 32.2. The molecule has 0 radical (unpaired) electrons. The second kappa shape index (κ2) is 11.7. The minimum atomic E-state index is -3.80. The molecule has 0 bridgehead atoms. The van der Waals surface area contributed by atoms with Gasteiger partial charge in [0, 0.05) is 16.3 Å². The molecule has 4 N–H and O–H groups in total. The number of rotatable bonds is 10. The quantitative estimate of drug-likeness (QED) is 0.364. The Morgan fingerprint density at radius 3 is 2.29 bits per heavy atom. The number of benzene rings is 3. The fourth-order valence-electron chi connectivity index (χ4n) is 2.95. The van der Waals surface area contributed by atoms with Gasteiger partial charge in [-0.05, 0) is 61.0 Å². The molecule has 178 valence electrons. The number of para-hydroxylation sites is 1. The predicted molar refractivity (Wildman–Crippen MR) is 133 cm³/mol. The minimum absolute atomic E-state index is 0.0278. The number of hydrogen-bond acceptors (Lipinski definition) is 6. The molecule has 1 atom stereocenters. The molecule has 0 heterocycles. The number of thioether (sulfide) groups is 1. The maximum absolute atomic E-state index is 12.8. The Labute approximate surface area is 202 Å². The van der Waals surface area contributed by atoms with E-state index in [0.717, 1.165) is 4.90 Å². The molecule has 2 amide bonds. The maximum Gasteiger partial charge on any atom is 0.262 e. The molecule has 0 aliphatic heterocycles. The highest BCUT2D eigenvalue weighted by Crippen LogP contribution is 2.28. The van der Waals surface area contributed by atoms with Gasteiger partial charge in [-0.3, -0.25) is 9.59 Å². The first kappa shape index (κ1) is 25.3. The Morgan fingerprint density at radius 1 is 0.941 bits per heavy atom. The number of ether oxygens (including phenoxy) is 1. The van der Waals surface area contributed by atoms with Crippen molar-refractivity contribution in [1.82, 2.24) is 0 Å². The Hall–Kier alpha value is -3.34. The molecule has 0 fully saturated rings. The molecule has 0 saturated heterocycles. The first-order chi connectivity index (χ1) is 16.2. The van der Waals surface area contributed by atoms with Gasteiger partial charge in [0.15, 0.2) is 6.61 Å². The van der Waals surface area contributed by atoms with Crippen LogP contribution >= 0.6 is 11.8 Å². The minimum Gasteiger partial charge on any atom is -0.484 e. The van der Waals surface area contributed by atoms with Crippen LogP contribution < -0.4 is 20.5 Å². The molecule has 0 spiro atoms. The summed E-state index contributed by atoms with van der Waals surface area (Å²) in [5.74, 6) is 0.0957. The van der Waals surface area contributed by atoms with Crippen molar-refractivity contribution in [3.8, 4) is 5.75 Å². The summed E-state index contributed by atoms with van der Waals surface area (Å²) >= 11 is 1.36. The molecule has 0 aromatic heterocycles. The predicted octanol–water partition coefficient (Wildman–Crippen LogP) is 3.86. The van der Waals surface area contributed by atoms with Crippen molar-refractivity contribution in [3.63, 3.8) is 0 Å². The van der Waals surface area contributed by atoms with Crippen LogP contribution in [0.25, 0.3) is 0 Å². The lowest BCUT2D eigenvalue weighted by Crippen LogP contribution is -2.24. The molecular formula is C24H25N3O5S2. The number of primary sulfonamides is 1. The fraction of sp³-hybridized carbons (Fsp3) is 0.167. The van der Waals surface area contributed by atoms with Gasteiger partial charge in [-0.25, -0.2) is 13.6 Å². The molecule has 3 aromatic rings. The number of amides is 2. The molecule has 8 nitrogen and oxygen atoms in total. The molecule has 0 aliphatic carbocycles. The van der Waals surface area contributed by atoms with Crippen molar-refractivity contribution < 1.29 is 22.7 Å². The summed E-state index contributed by atoms with van der Waals surface area (Å²) in [5.41, 5.74) is 1.07. The van der Waals surface area contributed by atoms with Crippen LogP contribution in [0.2, 0.25) is 0 Å². The van der Waals surface area contributed by atoms with Gasteiger partial charge in [-0.2, -0.15) is 0 Å². The number of sulfonamides is 1. The summed E-state index contributed by atoms with van der Waals surface area (Å²) < 4.78 is 28.2. The van der Waals surface area contributed by atoms with E-state index in [1.54, 1.807) is 30.3 Å². The van der Waals surface area contributed by atoms with Crippen LogP contribution in [-0.4, -0.2) is 32.1 Å². The van der Waals surface area contributed by atoms with E-state index in [2.05, 4.69) is 10.6 Å². The lowest BCUT2D eigenvalue weighted by atomic mass is 10.2. The van der Waals surface area contributed by atoms with Gasteiger partial charge in [-0.15, -0.1) is 11.8 Å². The first-order valence-electron chi connectivity index (χ1n) is 10.4. The Balaban J connectivity index is 1.57. The third-order valence-electron chi connectivity index (χ3n) is 4.62. The molecule has 3 rings (SSSR count). The standard InChI is InChI=1S/C24H25N3O5S2/c1-2-22(24(29)27-17-11-13-21(14-12-17)34(25,30)31)33-20-10-6-7-18(15-20)26-23(28)16-32-19-8-4-3-5-9-19/h3-15,22H,2,16H2,1H3,(H,26,28)(H,27,29)(H2,25,30,31). The zero-order valence-electron chi connectivity index (χ0n) is 18.4. The summed E-state index contributed by atoms with van der Waals surface area (Å²) in [6, 6.07) is 21.9. The third kappa shape index (κ3) is 7.62. The Morgan fingerprint density at radius 2 is 1.65 bits per heavy atom. The van der Waals surface area contributed by atoms with Crippen molar-refractivity contribution >= 4 is 45.0 Å². The van der Waals surface area contributed by atoms with E-state index in [-0.39, 0.29) is 23.3 Å². The Kier molecular flexibility index (Phi) is 8.69. The Bertz CT molecular complexity index is 1230. The number of carbonyl (C=O) groups excluding carboxylic acids is 2. The molecule has 0 aliphatic rings. The first-order valence-corrected chi connectivity index (χ1v) is 12.9. The molecule has 3 aromatic carbocycles. The summed E-state index contributed by atoms with van der Waals surface area (Å²) in [6.45, 7) is 1.78. The van der Waals surface area contributed by atoms with Crippen molar-refractivity contribution in [2.24, 2.45) is 5.14 Å². The van der Waals surface area contributed by atoms with Crippen LogP contribution in [0.1, 0.15) is 13.3 Å². The molecule has 10 heteroatoms. The highest BCUT2D eigenvalue weighted by Gasteiger charge is 2.19. The monoisotopic (exact) mass is 499 g/mol. The van der Waals surface area contributed by atoms with Crippen LogP contribution in [0.4, 0.5) is 11.4 Å². The van der Waals surface area contributed by atoms with Crippen LogP contribution in [-0.2, 0) is 19.6 Å². The van der Waals surface area contributed by atoms with Crippen molar-refractivity contribution in [1.29, 1.82) is 0 Å². The molecule has 34 heavy (non-hydrogen) atoms. The molecular weight excluding hydrogens is 474 g/mol. The topological polar surface area (TPSA) is 128 Å². The average Bonchev–Trinajstić information content (AvgIpc) is 2.82. The lowest BCUT2D eigenvalue weighted by Gasteiger charge is -2.16. The zero-order valence-corrected chi connectivity index (χ0v) is 20.1. The van der Waals surface area contributed by atoms with Gasteiger partial charge in [-0.1, -0.05) is 31.2 Å². The summed E-state index contributed by atoms with van der Waals surface area (Å²) in [6.07, 6.45) is 0.563. The van der Waals surface area contributed by atoms with Crippen LogP contribution in [0.3, 0.4) is 0 Å². The van der Waals surface area contributed by atoms with Gasteiger partial charge < -0.3 is 15.4 Å². The number of carbonyl (C=O) groups is 2. The summed E-state index contributed by atoms with van der Waals surface area (Å²) in [5, 5.41) is 10.3. The highest BCUT2D eigenvalue weighted by molar-refractivity contribution is 8.00. The summed E-state index contributed by atoms with van der Waals surface area (Å²) in [4.78, 5) is 25.8. The van der Waals surface area contributed by atoms with Crippen molar-refractivity contribution in [3.05, 3.63) is 78.9 Å². The number of hydrogen-bond donors (Lipinski definition) is 3. The van der Waals surface area contributed by atoms with Crippen LogP contribution in [0.15, 0.2) is 88.7 Å². The van der Waals surface area contributed by atoms with Gasteiger partial charge in [0.05, 0.1) is 10.1 Å². The lowest BCUT2D eigenvalue weighted by molar-refractivity contribution is -0.118. The zero-order chi connectivity index (χ0) is 24.6. The van der Waals surface area contributed by atoms with E-state index in [1.165, 1.54) is 36.0 Å². The van der Waals surface area contributed by atoms with Crippen LogP contribution in [0.5, 0.6) is 5.75 Å². The van der Waals surface area contributed by atoms with E-state index >= 15 is 0 Å². The van der Waals surface area contributed by atoms with Gasteiger partial charge in [0.25, 0.3) is 5.91 Å². The van der Waals surface area contributed by atoms with Gasteiger partial charge in [0.1, 0.15) is 5.75 Å². The van der Waals surface area contributed by atoms with Gasteiger partial charge >= 0.3 is 0 Å². The second-order valence-electron chi connectivity index (χ2n) is 7.25. The second-order valence-corrected chi connectivity index (χ2v) is 10.1.